The largest absolute Gasteiger partial charge is 0.310 e. The molecule has 100 valence electrons. The van der Waals surface area contributed by atoms with Crippen LogP contribution in [0.1, 0.15) is 24.1 Å². The first-order chi connectivity index (χ1) is 9.20. The van der Waals surface area contributed by atoms with E-state index in [1.165, 1.54) is 12.1 Å². The Balaban J connectivity index is 2.19. The maximum Gasteiger partial charge on any atom is 0.159 e. The van der Waals surface area contributed by atoms with Gasteiger partial charge in [-0.25, -0.2) is 8.78 Å². The summed E-state index contributed by atoms with van der Waals surface area (Å²) in [4.78, 5) is 3.98. The van der Waals surface area contributed by atoms with Gasteiger partial charge in [0.2, 0.25) is 0 Å². The summed E-state index contributed by atoms with van der Waals surface area (Å²) in [5.74, 6) is -1.62. The van der Waals surface area contributed by atoms with Crippen molar-refractivity contribution in [3.8, 4) is 0 Å². The van der Waals surface area contributed by atoms with Crippen LogP contribution in [0.15, 0.2) is 42.7 Å². The zero-order chi connectivity index (χ0) is 13.7. The van der Waals surface area contributed by atoms with Gasteiger partial charge in [0.25, 0.3) is 0 Å². The maximum atomic E-state index is 13.2. The average Bonchev–Trinajstić information content (AvgIpc) is 2.43. The van der Waals surface area contributed by atoms with Gasteiger partial charge in [-0.3, -0.25) is 4.98 Å². The van der Waals surface area contributed by atoms with Crippen molar-refractivity contribution >= 4 is 0 Å². The van der Waals surface area contributed by atoms with Crippen LogP contribution in [0.4, 0.5) is 8.78 Å². The fourth-order valence-corrected chi connectivity index (χ4v) is 2.05. The normalized spacial score (nSPS) is 12.4. The van der Waals surface area contributed by atoms with Crippen LogP contribution in [-0.2, 0) is 6.42 Å². The summed E-state index contributed by atoms with van der Waals surface area (Å²) in [5.41, 5.74) is 1.85. The summed E-state index contributed by atoms with van der Waals surface area (Å²) in [6.07, 6.45) is 4.06. The Kier molecular flexibility index (Phi) is 4.58. The highest BCUT2D eigenvalue weighted by Crippen LogP contribution is 2.19. The van der Waals surface area contributed by atoms with E-state index in [2.05, 4.69) is 10.3 Å². The van der Waals surface area contributed by atoms with Gasteiger partial charge in [0.15, 0.2) is 11.6 Å². The molecular weight excluding hydrogens is 246 g/mol. The van der Waals surface area contributed by atoms with Crippen molar-refractivity contribution in [2.45, 2.75) is 19.4 Å². The molecule has 0 bridgehead atoms. The number of nitrogens with zero attached hydrogens (tertiary/aromatic N) is 1. The molecule has 0 fully saturated rings. The van der Waals surface area contributed by atoms with Gasteiger partial charge >= 0.3 is 0 Å². The van der Waals surface area contributed by atoms with E-state index in [9.17, 15) is 8.78 Å². The van der Waals surface area contributed by atoms with Crippen LogP contribution >= 0.6 is 0 Å². The van der Waals surface area contributed by atoms with Gasteiger partial charge in [0.1, 0.15) is 0 Å². The molecule has 0 saturated carbocycles. The summed E-state index contributed by atoms with van der Waals surface area (Å²) >= 11 is 0. The Hall–Kier alpha value is -1.81. The van der Waals surface area contributed by atoms with E-state index in [0.717, 1.165) is 17.7 Å². The van der Waals surface area contributed by atoms with Crippen molar-refractivity contribution in [3.63, 3.8) is 0 Å². The molecule has 2 aromatic rings. The summed E-state index contributed by atoms with van der Waals surface area (Å²) < 4.78 is 26.1. The molecule has 0 spiro atoms. The van der Waals surface area contributed by atoms with E-state index in [4.69, 9.17) is 0 Å². The number of likely N-dealkylation sites (N-methyl/N-ethyl adjacent to an activating group) is 1. The predicted molar refractivity (Wildman–Crippen MR) is 70.7 cm³/mol. The monoisotopic (exact) mass is 262 g/mol. The minimum absolute atomic E-state index is 0.0675. The smallest absolute Gasteiger partial charge is 0.159 e. The molecule has 1 N–H and O–H groups in total. The van der Waals surface area contributed by atoms with Crippen LogP contribution in [-0.4, -0.2) is 11.5 Å². The van der Waals surface area contributed by atoms with Gasteiger partial charge in [-0.15, -0.1) is 0 Å². The summed E-state index contributed by atoms with van der Waals surface area (Å²) in [6, 6.07) is 7.95. The fraction of sp³-hybridized carbons (Fsp3) is 0.267. The van der Waals surface area contributed by atoms with E-state index in [-0.39, 0.29) is 6.04 Å². The van der Waals surface area contributed by atoms with Crippen molar-refractivity contribution in [1.82, 2.24) is 10.3 Å². The second-order valence-electron chi connectivity index (χ2n) is 4.34. The topological polar surface area (TPSA) is 24.9 Å². The lowest BCUT2D eigenvalue weighted by atomic mass is 9.99. The Bertz CT molecular complexity index is 529. The molecule has 4 heteroatoms. The highest BCUT2D eigenvalue weighted by molar-refractivity contribution is 5.23. The molecule has 0 radical (unpaired) electrons. The van der Waals surface area contributed by atoms with Crippen LogP contribution < -0.4 is 5.32 Å². The SMILES string of the molecule is CCNC(Cc1ccc(F)c(F)c1)c1ccncc1. The molecule has 1 aromatic carbocycles. The second-order valence-corrected chi connectivity index (χ2v) is 4.34. The van der Waals surface area contributed by atoms with E-state index in [1.54, 1.807) is 18.5 Å². The van der Waals surface area contributed by atoms with E-state index in [0.29, 0.717) is 6.42 Å². The molecule has 1 unspecified atom stereocenters. The third kappa shape index (κ3) is 3.58. The Morgan fingerprint density at radius 3 is 2.47 bits per heavy atom. The van der Waals surface area contributed by atoms with Crippen LogP contribution in [0.5, 0.6) is 0 Å². The molecule has 2 rings (SSSR count). The zero-order valence-corrected chi connectivity index (χ0v) is 10.7. The average molecular weight is 262 g/mol. The number of hydrogen-bond donors (Lipinski definition) is 1. The number of rotatable bonds is 5. The molecule has 0 amide bonds. The lowest BCUT2D eigenvalue weighted by molar-refractivity contribution is 0.502. The van der Waals surface area contributed by atoms with E-state index in [1.807, 2.05) is 19.1 Å². The van der Waals surface area contributed by atoms with Crippen LogP contribution in [0.3, 0.4) is 0 Å². The molecule has 1 atom stereocenters. The molecule has 0 aliphatic heterocycles. The van der Waals surface area contributed by atoms with E-state index >= 15 is 0 Å². The fourth-order valence-electron chi connectivity index (χ4n) is 2.05. The molecule has 0 aliphatic carbocycles. The van der Waals surface area contributed by atoms with Gasteiger partial charge in [-0.05, 0) is 48.4 Å². The first kappa shape index (κ1) is 13.6. The number of halogens is 2. The molecule has 1 aromatic heterocycles. The van der Waals surface area contributed by atoms with Crippen LogP contribution in [0.2, 0.25) is 0 Å². The van der Waals surface area contributed by atoms with Gasteiger partial charge < -0.3 is 5.32 Å². The zero-order valence-electron chi connectivity index (χ0n) is 10.7. The molecule has 0 aliphatic rings. The molecule has 0 saturated heterocycles. The third-order valence-electron chi connectivity index (χ3n) is 2.98. The van der Waals surface area contributed by atoms with Crippen LogP contribution in [0.25, 0.3) is 0 Å². The number of hydrogen-bond acceptors (Lipinski definition) is 2. The molecule has 1 heterocycles. The van der Waals surface area contributed by atoms with Crippen molar-refractivity contribution in [1.29, 1.82) is 0 Å². The van der Waals surface area contributed by atoms with Gasteiger partial charge in [0, 0.05) is 18.4 Å². The Morgan fingerprint density at radius 1 is 1.11 bits per heavy atom. The lowest BCUT2D eigenvalue weighted by Crippen LogP contribution is -2.23. The highest BCUT2D eigenvalue weighted by Gasteiger charge is 2.12. The lowest BCUT2D eigenvalue weighted by Gasteiger charge is -2.18. The minimum Gasteiger partial charge on any atom is -0.310 e. The third-order valence-corrected chi connectivity index (χ3v) is 2.98. The van der Waals surface area contributed by atoms with Gasteiger partial charge in [-0.2, -0.15) is 0 Å². The molecular formula is C15H16F2N2. The number of nitrogens with one attached hydrogen (secondary N) is 1. The highest BCUT2D eigenvalue weighted by atomic mass is 19.2. The van der Waals surface area contributed by atoms with Crippen molar-refractivity contribution in [2.24, 2.45) is 0 Å². The molecule has 19 heavy (non-hydrogen) atoms. The summed E-state index contributed by atoms with van der Waals surface area (Å²) in [6.45, 7) is 2.82. The van der Waals surface area contributed by atoms with E-state index < -0.39 is 11.6 Å². The first-order valence-corrected chi connectivity index (χ1v) is 6.28. The number of pyridine rings is 1. The first-order valence-electron chi connectivity index (χ1n) is 6.28. The minimum atomic E-state index is -0.812. The van der Waals surface area contributed by atoms with Gasteiger partial charge in [-0.1, -0.05) is 13.0 Å². The predicted octanol–water partition coefficient (Wildman–Crippen LogP) is 3.25. The standard InChI is InChI=1S/C15H16F2N2/c1-2-19-15(12-5-7-18-8-6-12)10-11-3-4-13(16)14(17)9-11/h3-9,15,19H,2,10H2,1H3. The Morgan fingerprint density at radius 2 is 1.84 bits per heavy atom. The summed E-state index contributed by atoms with van der Waals surface area (Å²) in [7, 11) is 0. The molecule has 2 nitrogen and oxygen atoms in total. The summed E-state index contributed by atoms with van der Waals surface area (Å²) in [5, 5.41) is 3.34. The number of benzene rings is 1. The Labute approximate surface area is 111 Å². The second kappa shape index (κ2) is 6.38. The van der Waals surface area contributed by atoms with Crippen molar-refractivity contribution < 1.29 is 8.78 Å². The maximum absolute atomic E-state index is 13.2. The van der Waals surface area contributed by atoms with Crippen molar-refractivity contribution in [2.75, 3.05) is 6.54 Å². The number of aromatic nitrogens is 1. The van der Waals surface area contributed by atoms with Crippen LogP contribution in [0, 0.1) is 11.6 Å². The van der Waals surface area contributed by atoms with Gasteiger partial charge in [0.05, 0.1) is 0 Å². The quantitative estimate of drug-likeness (QED) is 0.894. The van der Waals surface area contributed by atoms with Crippen molar-refractivity contribution in [3.05, 3.63) is 65.5 Å².